The fourth-order valence-corrected chi connectivity index (χ4v) is 2.89. The number of hydrogen-bond donors (Lipinski definition) is 1. The van der Waals surface area contributed by atoms with E-state index in [2.05, 4.69) is 31.2 Å². The topological polar surface area (TPSA) is 54.9 Å². The van der Waals surface area contributed by atoms with Crippen LogP contribution in [0.2, 0.25) is 0 Å². The summed E-state index contributed by atoms with van der Waals surface area (Å²) in [6, 6.07) is 11.0. The van der Waals surface area contributed by atoms with Crippen molar-refractivity contribution < 1.29 is 4.79 Å². The Hall–Kier alpha value is -2.05. The Balaban J connectivity index is 1.77. The molecule has 1 amide bonds. The number of anilines is 1. The summed E-state index contributed by atoms with van der Waals surface area (Å²) >= 11 is 4.74. The second kappa shape index (κ2) is 6.15. The predicted octanol–water partition coefficient (Wildman–Crippen LogP) is 4.22. The van der Waals surface area contributed by atoms with Crippen molar-refractivity contribution in [2.45, 2.75) is 0 Å². The number of hydrogen-bond acceptors (Lipinski definition) is 4. The van der Waals surface area contributed by atoms with Crippen LogP contribution in [0, 0.1) is 0 Å². The molecule has 6 heteroatoms. The molecule has 2 aromatic heterocycles. The molecule has 1 N–H and O–H groups in total. The number of carbonyl (C=O) groups excluding carboxylic acids is 1. The van der Waals surface area contributed by atoms with Crippen molar-refractivity contribution in [3.8, 4) is 11.3 Å². The van der Waals surface area contributed by atoms with Gasteiger partial charge in [-0.05, 0) is 30.3 Å². The predicted molar refractivity (Wildman–Crippen MR) is 87.4 cm³/mol. The van der Waals surface area contributed by atoms with Crippen LogP contribution in [-0.2, 0) is 0 Å². The van der Waals surface area contributed by atoms with E-state index in [4.69, 9.17) is 0 Å². The second-order valence-electron chi connectivity index (χ2n) is 4.24. The third kappa shape index (κ3) is 3.34. The molecule has 0 atom stereocenters. The van der Waals surface area contributed by atoms with Crippen LogP contribution in [0.25, 0.3) is 11.3 Å². The summed E-state index contributed by atoms with van der Waals surface area (Å²) in [6.07, 6.45) is 3.46. The zero-order chi connectivity index (χ0) is 14.7. The van der Waals surface area contributed by atoms with Crippen molar-refractivity contribution in [2.24, 2.45) is 0 Å². The fourth-order valence-electron chi connectivity index (χ4n) is 1.78. The Morgan fingerprint density at radius 1 is 1.24 bits per heavy atom. The molecule has 0 spiro atoms. The molecule has 0 unspecified atom stereocenters. The maximum absolute atomic E-state index is 12.1. The fraction of sp³-hybridized carbons (Fsp3) is 0. The zero-order valence-electron chi connectivity index (χ0n) is 10.8. The van der Waals surface area contributed by atoms with Crippen LogP contribution in [-0.4, -0.2) is 15.9 Å². The van der Waals surface area contributed by atoms with Crippen LogP contribution in [0.3, 0.4) is 0 Å². The largest absolute Gasteiger partial charge is 0.298 e. The molecule has 4 nitrogen and oxygen atoms in total. The average molecular weight is 360 g/mol. The average Bonchev–Trinajstić information content (AvgIpc) is 2.97. The molecular weight excluding hydrogens is 350 g/mol. The first-order valence-electron chi connectivity index (χ1n) is 6.15. The molecule has 104 valence electrons. The van der Waals surface area contributed by atoms with Crippen LogP contribution in [0.4, 0.5) is 5.13 Å². The minimum Gasteiger partial charge on any atom is -0.298 e. The Morgan fingerprint density at radius 2 is 2.14 bits per heavy atom. The highest BCUT2D eigenvalue weighted by atomic mass is 79.9. The lowest BCUT2D eigenvalue weighted by Gasteiger charge is -2.02. The molecule has 0 aliphatic rings. The summed E-state index contributed by atoms with van der Waals surface area (Å²) < 4.78 is 0.866. The van der Waals surface area contributed by atoms with E-state index in [1.807, 2.05) is 29.6 Å². The van der Waals surface area contributed by atoms with E-state index in [1.165, 1.54) is 11.3 Å². The number of carbonyl (C=O) groups is 1. The highest BCUT2D eigenvalue weighted by molar-refractivity contribution is 9.10. The number of benzene rings is 1. The van der Waals surface area contributed by atoms with E-state index >= 15 is 0 Å². The van der Waals surface area contributed by atoms with Crippen molar-refractivity contribution in [1.29, 1.82) is 0 Å². The highest BCUT2D eigenvalue weighted by Gasteiger charge is 2.10. The number of amides is 1. The smallest absolute Gasteiger partial charge is 0.257 e. The van der Waals surface area contributed by atoms with Gasteiger partial charge in [0.1, 0.15) is 0 Å². The molecule has 21 heavy (non-hydrogen) atoms. The first-order chi connectivity index (χ1) is 10.2. The van der Waals surface area contributed by atoms with E-state index in [9.17, 15) is 4.79 Å². The first-order valence-corrected chi connectivity index (χ1v) is 7.82. The second-order valence-corrected chi connectivity index (χ2v) is 6.02. The minimum atomic E-state index is -0.177. The summed E-state index contributed by atoms with van der Waals surface area (Å²) in [5.74, 6) is -0.177. The summed E-state index contributed by atoms with van der Waals surface area (Å²) in [5, 5.41) is 5.27. The SMILES string of the molecule is O=C(Nc1nc(-c2cccnc2)cs1)c1cccc(Br)c1. The number of nitrogens with one attached hydrogen (secondary N) is 1. The van der Waals surface area contributed by atoms with E-state index in [-0.39, 0.29) is 5.91 Å². The van der Waals surface area contributed by atoms with Gasteiger partial charge in [0.2, 0.25) is 0 Å². The number of rotatable bonds is 3. The maximum atomic E-state index is 12.1. The molecule has 0 bridgehead atoms. The van der Waals surface area contributed by atoms with Crippen LogP contribution >= 0.6 is 27.3 Å². The van der Waals surface area contributed by atoms with Gasteiger partial charge in [-0.3, -0.25) is 15.1 Å². The van der Waals surface area contributed by atoms with Crippen LogP contribution in [0.15, 0.2) is 58.6 Å². The molecule has 0 saturated heterocycles. The zero-order valence-corrected chi connectivity index (χ0v) is 13.2. The quantitative estimate of drug-likeness (QED) is 0.761. The van der Waals surface area contributed by atoms with E-state index in [0.29, 0.717) is 10.7 Å². The molecule has 0 radical (unpaired) electrons. The van der Waals surface area contributed by atoms with Gasteiger partial charge in [0.05, 0.1) is 5.69 Å². The van der Waals surface area contributed by atoms with E-state index in [0.717, 1.165) is 15.7 Å². The van der Waals surface area contributed by atoms with Crippen LogP contribution in [0.5, 0.6) is 0 Å². The van der Waals surface area contributed by atoms with Gasteiger partial charge in [-0.1, -0.05) is 22.0 Å². The highest BCUT2D eigenvalue weighted by Crippen LogP contribution is 2.24. The van der Waals surface area contributed by atoms with E-state index < -0.39 is 0 Å². The molecule has 0 saturated carbocycles. The lowest BCUT2D eigenvalue weighted by atomic mass is 10.2. The van der Waals surface area contributed by atoms with Crippen molar-refractivity contribution >= 4 is 38.3 Å². The number of pyridine rings is 1. The Bertz CT molecular complexity index is 773. The summed E-state index contributed by atoms with van der Waals surface area (Å²) in [6.45, 7) is 0. The monoisotopic (exact) mass is 359 g/mol. The van der Waals surface area contributed by atoms with Crippen molar-refractivity contribution in [3.05, 3.63) is 64.2 Å². The minimum absolute atomic E-state index is 0.177. The lowest BCUT2D eigenvalue weighted by Crippen LogP contribution is -2.11. The van der Waals surface area contributed by atoms with Gasteiger partial charge < -0.3 is 0 Å². The van der Waals surface area contributed by atoms with Crippen LogP contribution in [0.1, 0.15) is 10.4 Å². The van der Waals surface area contributed by atoms with Crippen LogP contribution < -0.4 is 5.32 Å². The first kappa shape index (κ1) is 13.9. The van der Waals surface area contributed by atoms with Crippen molar-refractivity contribution in [3.63, 3.8) is 0 Å². The Kier molecular flexibility index (Phi) is 4.08. The molecular formula is C15H10BrN3OS. The normalized spacial score (nSPS) is 10.3. The van der Waals surface area contributed by atoms with Gasteiger partial charge in [-0.15, -0.1) is 11.3 Å². The third-order valence-electron chi connectivity index (χ3n) is 2.77. The Morgan fingerprint density at radius 3 is 2.90 bits per heavy atom. The van der Waals surface area contributed by atoms with Crippen molar-refractivity contribution in [1.82, 2.24) is 9.97 Å². The summed E-state index contributed by atoms with van der Waals surface area (Å²) in [5.41, 5.74) is 2.32. The van der Waals surface area contributed by atoms with Gasteiger partial charge in [-0.2, -0.15) is 0 Å². The molecule has 1 aromatic carbocycles. The van der Waals surface area contributed by atoms with Gasteiger partial charge in [0.25, 0.3) is 5.91 Å². The number of halogens is 1. The van der Waals surface area contributed by atoms with Crippen molar-refractivity contribution in [2.75, 3.05) is 5.32 Å². The number of thiazole rings is 1. The number of nitrogens with zero attached hydrogens (tertiary/aromatic N) is 2. The molecule has 3 aromatic rings. The van der Waals surface area contributed by atoms with Gasteiger partial charge in [0.15, 0.2) is 5.13 Å². The number of aromatic nitrogens is 2. The molecule has 3 rings (SSSR count). The molecule has 0 aliphatic heterocycles. The molecule has 0 aliphatic carbocycles. The summed E-state index contributed by atoms with van der Waals surface area (Å²) in [7, 11) is 0. The lowest BCUT2D eigenvalue weighted by molar-refractivity contribution is 0.102. The Labute approximate surface area is 134 Å². The third-order valence-corrected chi connectivity index (χ3v) is 4.02. The van der Waals surface area contributed by atoms with Gasteiger partial charge in [-0.25, -0.2) is 4.98 Å². The summed E-state index contributed by atoms with van der Waals surface area (Å²) in [4.78, 5) is 20.6. The van der Waals surface area contributed by atoms with Gasteiger partial charge in [0, 0.05) is 33.4 Å². The molecule has 2 heterocycles. The molecule has 0 fully saturated rings. The maximum Gasteiger partial charge on any atom is 0.257 e. The van der Waals surface area contributed by atoms with Gasteiger partial charge >= 0.3 is 0 Å². The standard InChI is InChI=1S/C15H10BrN3OS/c16-12-5-1-3-10(7-12)14(20)19-15-18-13(9-21-15)11-4-2-6-17-8-11/h1-9H,(H,18,19,20). The van der Waals surface area contributed by atoms with E-state index in [1.54, 1.807) is 24.5 Å².